The van der Waals surface area contributed by atoms with E-state index in [2.05, 4.69) is 31.1 Å². The lowest BCUT2D eigenvalue weighted by Crippen LogP contribution is -2.25. The van der Waals surface area contributed by atoms with E-state index < -0.39 is 5.56 Å². The molecule has 5 nitrogen and oxygen atoms in total. The van der Waals surface area contributed by atoms with Gasteiger partial charge in [0.25, 0.3) is 5.56 Å². The van der Waals surface area contributed by atoms with Crippen molar-refractivity contribution in [3.05, 3.63) is 75.1 Å². The van der Waals surface area contributed by atoms with Crippen LogP contribution < -0.4 is 10.3 Å². The Kier molecular flexibility index (Phi) is 5.33. The molecule has 1 aromatic heterocycles. The van der Waals surface area contributed by atoms with Crippen molar-refractivity contribution in [2.45, 2.75) is 30.7 Å². The monoisotopic (exact) mass is 377 g/mol. The number of benzene rings is 2. The van der Waals surface area contributed by atoms with Crippen LogP contribution in [0.3, 0.4) is 0 Å². The van der Waals surface area contributed by atoms with Gasteiger partial charge in [0.2, 0.25) is 0 Å². The van der Waals surface area contributed by atoms with E-state index in [0.717, 1.165) is 4.90 Å². The SMILES string of the molecule is COc1ccc(-n2nc(Sc3ccc(C)c(C)c3)c(C)c(C#N)c2=O)cc1. The molecule has 2 aromatic carbocycles. The number of hydrogen-bond donors (Lipinski definition) is 0. The molecule has 6 heteroatoms. The number of nitriles is 1. The second-order valence-electron chi connectivity index (χ2n) is 6.18. The molecule has 0 unspecified atom stereocenters. The van der Waals surface area contributed by atoms with Gasteiger partial charge in [0, 0.05) is 10.5 Å². The molecule has 0 aliphatic rings. The van der Waals surface area contributed by atoms with Gasteiger partial charge in [-0.05, 0) is 68.3 Å². The van der Waals surface area contributed by atoms with Gasteiger partial charge < -0.3 is 4.74 Å². The van der Waals surface area contributed by atoms with Crippen LogP contribution in [0.15, 0.2) is 57.2 Å². The lowest BCUT2D eigenvalue weighted by molar-refractivity contribution is 0.414. The van der Waals surface area contributed by atoms with Crippen LogP contribution in [0.1, 0.15) is 22.3 Å². The maximum absolute atomic E-state index is 12.7. The van der Waals surface area contributed by atoms with Gasteiger partial charge in [-0.25, -0.2) is 0 Å². The Morgan fingerprint density at radius 2 is 1.78 bits per heavy atom. The Hall–Kier alpha value is -3.04. The molecule has 3 rings (SSSR count). The van der Waals surface area contributed by atoms with Crippen LogP contribution in [0, 0.1) is 32.1 Å². The van der Waals surface area contributed by atoms with E-state index in [0.29, 0.717) is 22.0 Å². The summed E-state index contributed by atoms with van der Waals surface area (Å²) in [6.07, 6.45) is 0. The van der Waals surface area contributed by atoms with Crippen LogP contribution >= 0.6 is 11.8 Å². The van der Waals surface area contributed by atoms with Crippen molar-refractivity contribution in [2.24, 2.45) is 0 Å². The first-order valence-corrected chi connectivity index (χ1v) is 9.20. The lowest BCUT2D eigenvalue weighted by atomic mass is 10.1. The van der Waals surface area contributed by atoms with Gasteiger partial charge in [0.15, 0.2) is 0 Å². The minimum Gasteiger partial charge on any atom is -0.497 e. The molecule has 0 bridgehead atoms. The fourth-order valence-electron chi connectivity index (χ4n) is 2.60. The molecule has 1 heterocycles. The number of methoxy groups -OCH3 is 1. The number of aromatic nitrogens is 2. The lowest BCUT2D eigenvalue weighted by Gasteiger charge is -2.12. The average molecular weight is 377 g/mol. The minimum atomic E-state index is -0.426. The fourth-order valence-corrected chi connectivity index (χ4v) is 3.57. The molecule has 0 radical (unpaired) electrons. The van der Waals surface area contributed by atoms with Gasteiger partial charge in [0.05, 0.1) is 12.8 Å². The smallest absolute Gasteiger partial charge is 0.289 e. The Balaban J connectivity index is 2.12. The summed E-state index contributed by atoms with van der Waals surface area (Å²) in [5.74, 6) is 0.684. The highest BCUT2D eigenvalue weighted by Gasteiger charge is 2.16. The van der Waals surface area contributed by atoms with Gasteiger partial charge in [-0.1, -0.05) is 17.8 Å². The summed E-state index contributed by atoms with van der Waals surface area (Å²) in [6.45, 7) is 5.87. The highest BCUT2D eigenvalue weighted by molar-refractivity contribution is 7.99. The van der Waals surface area contributed by atoms with Crippen molar-refractivity contribution in [3.63, 3.8) is 0 Å². The normalized spacial score (nSPS) is 10.5. The molecule has 3 aromatic rings. The number of nitrogens with zero attached hydrogens (tertiary/aromatic N) is 3. The van der Waals surface area contributed by atoms with E-state index in [1.54, 1.807) is 38.3 Å². The maximum Gasteiger partial charge on any atom is 0.289 e. The molecule has 136 valence electrons. The Morgan fingerprint density at radius 3 is 2.37 bits per heavy atom. The zero-order valence-corrected chi connectivity index (χ0v) is 16.4. The predicted molar refractivity (Wildman–Crippen MR) is 106 cm³/mol. The topological polar surface area (TPSA) is 67.9 Å². The van der Waals surface area contributed by atoms with Gasteiger partial charge in [0.1, 0.15) is 22.4 Å². The Labute approximate surface area is 162 Å². The number of rotatable bonds is 4. The third-order valence-corrected chi connectivity index (χ3v) is 5.49. The second kappa shape index (κ2) is 7.68. The van der Waals surface area contributed by atoms with Gasteiger partial charge in [-0.15, -0.1) is 0 Å². The first-order valence-electron chi connectivity index (χ1n) is 8.38. The van der Waals surface area contributed by atoms with E-state index in [9.17, 15) is 10.1 Å². The summed E-state index contributed by atoms with van der Waals surface area (Å²) in [7, 11) is 1.58. The van der Waals surface area contributed by atoms with Crippen LogP contribution in [0.5, 0.6) is 5.75 Å². The Morgan fingerprint density at radius 1 is 1.07 bits per heavy atom. The van der Waals surface area contributed by atoms with E-state index in [-0.39, 0.29) is 5.56 Å². The standard InChI is InChI=1S/C21H19N3O2S/c1-13-5-10-18(11-14(13)2)27-20-15(3)19(12-22)21(25)24(23-20)16-6-8-17(26-4)9-7-16/h5-11H,1-4H3. The largest absolute Gasteiger partial charge is 0.497 e. The first-order chi connectivity index (χ1) is 12.9. The fraction of sp³-hybridized carbons (Fsp3) is 0.190. The van der Waals surface area contributed by atoms with Crippen molar-refractivity contribution in [3.8, 4) is 17.5 Å². The molecule has 0 amide bonds. The summed E-state index contributed by atoms with van der Waals surface area (Å²) >= 11 is 1.45. The van der Waals surface area contributed by atoms with E-state index in [4.69, 9.17) is 4.74 Å². The molecule has 0 saturated heterocycles. The Bertz CT molecular complexity index is 1100. The van der Waals surface area contributed by atoms with Crippen LogP contribution in [0.2, 0.25) is 0 Å². The molecule has 27 heavy (non-hydrogen) atoms. The maximum atomic E-state index is 12.7. The molecular weight excluding hydrogens is 358 g/mol. The highest BCUT2D eigenvalue weighted by atomic mass is 32.2. The summed E-state index contributed by atoms with van der Waals surface area (Å²) in [4.78, 5) is 13.7. The molecule has 0 fully saturated rings. The van der Waals surface area contributed by atoms with Gasteiger partial charge >= 0.3 is 0 Å². The third kappa shape index (κ3) is 3.74. The van der Waals surface area contributed by atoms with Crippen LogP contribution in [0.4, 0.5) is 0 Å². The zero-order chi connectivity index (χ0) is 19.6. The molecule has 0 aliphatic heterocycles. The molecule has 0 atom stereocenters. The van der Waals surface area contributed by atoms with Crippen molar-refractivity contribution >= 4 is 11.8 Å². The molecule has 0 N–H and O–H groups in total. The molecular formula is C21H19N3O2S. The minimum absolute atomic E-state index is 0.104. The summed E-state index contributed by atoms with van der Waals surface area (Å²) in [5.41, 5.74) is 3.25. The zero-order valence-electron chi connectivity index (χ0n) is 15.6. The van der Waals surface area contributed by atoms with E-state index in [1.165, 1.54) is 27.6 Å². The molecule has 0 spiro atoms. The molecule has 0 saturated carbocycles. The van der Waals surface area contributed by atoms with E-state index in [1.807, 2.05) is 12.1 Å². The van der Waals surface area contributed by atoms with Crippen molar-refractivity contribution in [1.29, 1.82) is 5.26 Å². The van der Waals surface area contributed by atoms with E-state index >= 15 is 0 Å². The van der Waals surface area contributed by atoms with Crippen molar-refractivity contribution in [2.75, 3.05) is 7.11 Å². The first kappa shape index (κ1) is 18.7. The van der Waals surface area contributed by atoms with Crippen LogP contribution in [-0.2, 0) is 0 Å². The summed E-state index contributed by atoms with van der Waals surface area (Å²) in [6, 6.07) is 15.2. The van der Waals surface area contributed by atoms with Crippen LogP contribution in [0.25, 0.3) is 5.69 Å². The number of hydrogen-bond acceptors (Lipinski definition) is 5. The van der Waals surface area contributed by atoms with Crippen molar-refractivity contribution < 1.29 is 4.74 Å². The predicted octanol–water partition coefficient (Wildman–Crippen LogP) is 4.19. The second-order valence-corrected chi connectivity index (χ2v) is 7.24. The van der Waals surface area contributed by atoms with Crippen LogP contribution in [-0.4, -0.2) is 16.9 Å². The average Bonchev–Trinajstić information content (AvgIpc) is 2.67. The number of ether oxygens (including phenoxy) is 1. The third-order valence-electron chi connectivity index (χ3n) is 4.41. The summed E-state index contributed by atoms with van der Waals surface area (Å²) < 4.78 is 6.43. The summed E-state index contributed by atoms with van der Waals surface area (Å²) in [5, 5.41) is 14.7. The van der Waals surface area contributed by atoms with Gasteiger partial charge in [-0.2, -0.15) is 15.0 Å². The number of aryl methyl sites for hydroxylation is 2. The van der Waals surface area contributed by atoms with Crippen molar-refractivity contribution in [1.82, 2.24) is 9.78 Å². The highest BCUT2D eigenvalue weighted by Crippen LogP contribution is 2.30. The molecule has 0 aliphatic carbocycles. The quantitative estimate of drug-likeness (QED) is 0.682. The van der Waals surface area contributed by atoms with Gasteiger partial charge in [-0.3, -0.25) is 4.79 Å².